The molecule has 1 aliphatic rings. The van der Waals surface area contributed by atoms with Gasteiger partial charge in [0.1, 0.15) is 29.8 Å². The van der Waals surface area contributed by atoms with E-state index in [0.29, 0.717) is 17.0 Å². The van der Waals surface area contributed by atoms with Gasteiger partial charge in [0.25, 0.3) is 0 Å². The number of dihydropyridines is 1. The predicted octanol–water partition coefficient (Wildman–Crippen LogP) is 6.94. The monoisotopic (exact) mass is 535 g/mol. The molecule has 0 saturated carbocycles. The predicted molar refractivity (Wildman–Crippen MR) is 130 cm³/mol. The van der Waals surface area contributed by atoms with Crippen molar-refractivity contribution in [3.63, 3.8) is 0 Å². The Labute approximate surface area is 217 Å². The standard InChI is InChI=1S/C27H28F3NO7/c1-15(2)13-36-26(34)38-24-17(4)31-16(3)23(37-25(32)33)22(24)20-10-5-6-11-21(20)35-14-18-8-7-9-19(12-18)27(28,29)30/h5-12,15,22,31H,13-14H2,1-4H3,(H,32,33). The number of carbonyl (C=O) groups excluding carboxylic acids is 1. The fourth-order valence-corrected chi connectivity index (χ4v) is 3.81. The van der Waals surface area contributed by atoms with Crippen LogP contribution in [0.5, 0.6) is 5.75 Å². The van der Waals surface area contributed by atoms with Crippen molar-refractivity contribution in [2.45, 2.75) is 46.4 Å². The van der Waals surface area contributed by atoms with Crippen molar-refractivity contribution in [1.29, 1.82) is 0 Å². The van der Waals surface area contributed by atoms with E-state index in [4.69, 9.17) is 18.9 Å². The summed E-state index contributed by atoms with van der Waals surface area (Å²) in [7, 11) is 0. The molecule has 0 aromatic heterocycles. The number of nitrogens with one attached hydrogen (secondary N) is 1. The molecule has 8 nitrogen and oxygen atoms in total. The van der Waals surface area contributed by atoms with E-state index < -0.39 is 30.0 Å². The topological polar surface area (TPSA) is 103 Å². The van der Waals surface area contributed by atoms with Crippen molar-refractivity contribution in [2.75, 3.05) is 6.61 Å². The Kier molecular flexibility index (Phi) is 8.92. The van der Waals surface area contributed by atoms with Gasteiger partial charge in [-0.3, -0.25) is 0 Å². The highest BCUT2D eigenvalue weighted by atomic mass is 19.4. The van der Waals surface area contributed by atoms with Crippen LogP contribution in [0.15, 0.2) is 71.4 Å². The zero-order valence-electron chi connectivity index (χ0n) is 21.2. The van der Waals surface area contributed by atoms with Gasteiger partial charge in [0.15, 0.2) is 0 Å². The zero-order valence-corrected chi connectivity index (χ0v) is 21.2. The summed E-state index contributed by atoms with van der Waals surface area (Å²) in [5, 5.41) is 12.3. The Bertz CT molecular complexity index is 1250. The van der Waals surface area contributed by atoms with E-state index in [1.807, 2.05) is 13.8 Å². The second-order valence-electron chi connectivity index (χ2n) is 8.99. The molecule has 11 heteroatoms. The third-order valence-corrected chi connectivity index (χ3v) is 5.44. The number of allylic oxidation sites excluding steroid dienone is 2. The van der Waals surface area contributed by atoms with Crippen LogP contribution in [0.2, 0.25) is 0 Å². The first-order valence-corrected chi connectivity index (χ1v) is 11.7. The molecule has 1 atom stereocenters. The van der Waals surface area contributed by atoms with Gasteiger partial charge in [-0.25, -0.2) is 9.59 Å². The van der Waals surface area contributed by atoms with Crippen LogP contribution in [0.3, 0.4) is 0 Å². The second-order valence-corrected chi connectivity index (χ2v) is 8.99. The number of hydrogen-bond acceptors (Lipinski definition) is 7. The molecule has 3 rings (SSSR count). The molecule has 0 amide bonds. The van der Waals surface area contributed by atoms with Crippen molar-refractivity contribution < 1.29 is 46.8 Å². The maximum absolute atomic E-state index is 13.1. The summed E-state index contributed by atoms with van der Waals surface area (Å²) < 4.78 is 61.0. The number of benzene rings is 2. The first-order valence-electron chi connectivity index (χ1n) is 11.7. The van der Waals surface area contributed by atoms with E-state index in [0.717, 1.165) is 12.1 Å². The first-order chi connectivity index (χ1) is 17.9. The minimum atomic E-state index is -4.51. The first kappa shape index (κ1) is 28.4. The number of hydrogen-bond donors (Lipinski definition) is 2. The number of para-hydroxylation sites is 1. The van der Waals surface area contributed by atoms with Crippen molar-refractivity contribution in [2.24, 2.45) is 5.92 Å². The van der Waals surface area contributed by atoms with Crippen molar-refractivity contribution in [1.82, 2.24) is 5.32 Å². The van der Waals surface area contributed by atoms with E-state index in [2.05, 4.69) is 5.32 Å². The quantitative estimate of drug-likeness (QED) is 0.351. The summed E-state index contributed by atoms with van der Waals surface area (Å²) in [5.41, 5.74) is 0.580. The van der Waals surface area contributed by atoms with E-state index in [1.165, 1.54) is 12.1 Å². The molecule has 1 aliphatic heterocycles. The lowest BCUT2D eigenvalue weighted by Gasteiger charge is -2.30. The smallest absolute Gasteiger partial charge is 0.489 e. The molecule has 0 spiro atoms. The van der Waals surface area contributed by atoms with Gasteiger partial charge in [0.05, 0.1) is 23.6 Å². The molecule has 2 aromatic carbocycles. The second kappa shape index (κ2) is 11.9. The molecule has 0 radical (unpaired) electrons. The van der Waals surface area contributed by atoms with Crippen LogP contribution in [-0.2, 0) is 27.0 Å². The van der Waals surface area contributed by atoms with E-state index in [9.17, 15) is 27.9 Å². The maximum atomic E-state index is 13.1. The zero-order chi connectivity index (χ0) is 28.0. The van der Waals surface area contributed by atoms with Gasteiger partial charge in [-0.15, -0.1) is 0 Å². The molecule has 2 N–H and O–H groups in total. The Morgan fingerprint density at radius 1 is 1.00 bits per heavy atom. The van der Waals surface area contributed by atoms with Gasteiger partial charge in [0, 0.05) is 5.56 Å². The lowest BCUT2D eigenvalue weighted by molar-refractivity contribution is -0.137. The van der Waals surface area contributed by atoms with Crippen molar-refractivity contribution in [3.8, 4) is 5.75 Å². The molecule has 38 heavy (non-hydrogen) atoms. The van der Waals surface area contributed by atoms with Crippen LogP contribution < -0.4 is 10.1 Å². The highest BCUT2D eigenvalue weighted by molar-refractivity contribution is 5.64. The SMILES string of the molecule is CC1=C(OC(=O)O)C(c2ccccc2OCc2cccc(C(F)(F)F)c2)C(OC(=O)OCC(C)C)=C(C)N1. The van der Waals surface area contributed by atoms with Crippen LogP contribution in [0.4, 0.5) is 22.8 Å². The van der Waals surface area contributed by atoms with Crippen LogP contribution in [0.1, 0.15) is 50.3 Å². The minimum absolute atomic E-state index is 0.0238. The Morgan fingerprint density at radius 2 is 1.66 bits per heavy atom. The van der Waals surface area contributed by atoms with Gasteiger partial charge in [-0.1, -0.05) is 44.2 Å². The van der Waals surface area contributed by atoms with Gasteiger partial charge in [-0.2, -0.15) is 13.2 Å². The Morgan fingerprint density at radius 3 is 2.29 bits per heavy atom. The molecular weight excluding hydrogens is 507 g/mol. The van der Waals surface area contributed by atoms with Crippen LogP contribution in [0.25, 0.3) is 0 Å². The molecule has 0 bridgehead atoms. The van der Waals surface area contributed by atoms with Gasteiger partial charge >= 0.3 is 18.5 Å². The Balaban J connectivity index is 1.99. The molecule has 2 aromatic rings. The maximum Gasteiger partial charge on any atom is 0.513 e. The van der Waals surface area contributed by atoms with Gasteiger partial charge < -0.3 is 29.4 Å². The summed E-state index contributed by atoms with van der Waals surface area (Å²) in [6.07, 6.45) is -7.08. The largest absolute Gasteiger partial charge is 0.513 e. The van der Waals surface area contributed by atoms with Crippen molar-refractivity contribution in [3.05, 3.63) is 88.1 Å². The van der Waals surface area contributed by atoms with Crippen LogP contribution in [-0.4, -0.2) is 24.0 Å². The number of rotatable bonds is 8. The lowest BCUT2D eigenvalue weighted by Crippen LogP contribution is -2.29. The molecule has 1 heterocycles. The Hall–Kier alpha value is -4.15. The number of carboxylic acid groups (broad SMARTS) is 1. The van der Waals surface area contributed by atoms with E-state index in [-0.39, 0.29) is 42.0 Å². The van der Waals surface area contributed by atoms with Gasteiger partial charge in [0.2, 0.25) is 0 Å². The number of ether oxygens (including phenoxy) is 4. The fourth-order valence-electron chi connectivity index (χ4n) is 3.81. The normalized spacial score (nSPS) is 15.7. The number of halogens is 3. The molecule has 0 saturated heterocycles. The summed E-state index contributed by atoms with van der Waals surface area (Å²) >= 11 is 0. The van der Waals surface area contributed by atoms with Crippen LogP contribution in [0, 0.1) is 5.92 Å². The minimum Gasteiger partial charge on any atom is -0.489 e. The third-order valence-electron chi connectivity index (χ3n) is 5.44. The fraction of sp³-hybridized carbons (Fsp3) is 0.333. The molecule has 204 valence electrons. The van der Waals surface area contributed by atoms with Crippen LogP contribution >= 0.6 is 0 Å². The summed E-state index contributed by atoms with van der Waals surface area (Å²) in [5.74, 6) is -0.811. The highest BCUT2D eigenvalue weighted by Gasteiger charge is 2.37. The third kappa shape index (κ3) is 7.21. The summed E-state index contributed by atoms with van der Waals surface area (Å²) in [6, 6.07) is 11.2. The average Bonchev–Trinajstić information content (AvgIpc) is 2.84. The average molecular weight is 536 g/mol. The van der Waals surface area contributed by atoms with Gasteiger partial charge in [-0.05, 0) is 43.5 Å². The summed E-state index contributed by atoms with van der Waals surface area (Å²) in [4.78, 5) is 24.0. The highest BCUT2D eigenvalue weighted by Crippen LogP contribution is 2.43. The molecule has 0 aliphatic carbocycles. The van der Waals surface area contributed by atoms with E-state index in [1.54, 1.807) is 38.1 Å². The van der Waals surface area contributed by atoms with E-state index >= 15 is 0 Å². The molecule has 1 unspecified atom stereocenters. The molecule has 0 fully saturated rings. The number of carbonyl (C=O) groups is 2. The summed E-state index contributed by atoms with van der Waals surface area (Å²) in [6.45, 7) is 6.82. The lowest BCUT2D eigenvalue weighted by atomic mass is 9.90. The number of alkyl halides is 3. The van der Waals surface area contributed by atoms with Crippen molar-refractivity contribution >= 4 is 12.3 Å². The molecular formula is C27H28F3NO7.